The monoisotopic (exact) mass is 555 g/mol. The van der Waals surface area contributed by atoms with E-state index in [1.54, 1.807) is 28.5 Å². The number of carbonyl (C=O) groups is 4. The Bertz CT molecular complexity index is 850. The molecule has 0 aliphatic carbocycles. The number of hydrogen-bond donors (Lipinski definition) is 0. The smallest absolute Gasteiger partial charge is 0.410 e. The van der Waals surface area contributed by atoms with E-state index in [1.807, 2.05) is 41.5 Å². The predicted molar refractivity (Wildman–Crippen MR) is 147 cm³/mol. The summed E-state index contributed by atoms with van der Waals surface area (Å²) >= 11 is 1.65. The number of ether oxygens (including phenoxy) is 3. The van der Waals surface area contributed by atoms with Gasteiger partial charge < -0.3 is 28.8 Å². The molecule has 0 bridgehead atoms. The SMILES string of the molecule is CC(C)(C)OC(=O)N1CCC(C=O)CC1.CCOC(=O)C1CSC(C2CCN(C(=O)OC(C)(C)C)CC2)=N1. The summed E-state index contributed by atoms with van der Waals surface area (Å²) in [5.74, 6) is 0.878. The van der Waals surface area contributed by atoms with E-state index in [9.17, 15) is 19.2 Å². The highest BCUT2D eigenvalue weighted by Crippen LogP contribution is 2.30. The van der Waals surface area contributed by atoms with Gasteiger partial charge in [-0.15, -0.1) is 11.8 Å². The number of piperidine rings is 2. The van der Waals surface area contributed by atoms with Crippen molar-refractivity contribution in [2.24, 2.45) is 16.8 Å². The average Bonchev–Trinajstić information content (AvgIpc) is 3.33. The molecule has 2 amide bonds. The van der Waals surface area contributed by atoms with Crippen molar-refractivity contribution >= 4 is 41.2 Å². The maximum absolute atomic E-state index is 12.1. The Kier molecular flexibility index (Phi) is 11.9. The minimum atomic E-state index is -0.466. The topological polar surface area (TPSA) is 115 Å². The number of nitrogens with zero attached hydrogens (tertiary/aromatic N) is 3. The molecule has 0 N–H and O–H groups in total. The van der Waals surface area contributed by atoms with Crippen LogP contribution in [0.3, 0.4) is 0 Å². The maximum Gasteiger partial charge on any atom is 0.410 e. The Balaban J connectivity index is 0.000000293. The third kappa shape index (κ3) is 10.8. The van der Waals surface area contributed by atoms with Crippen LogP contribution in [0.25, 0.3) is 0 Å². The highest BCUT2D eigenvalue weighted by molar-refractivity contribution is 8.14. The zero-order chi connectivity index (χ0) is 28.5. The number of amides is 2. The zero-order valence-electron chi connectivity index (χ0n) is 24.0. The molecular weight excluding hydrogens is 510 g/mol. The lowest BCUT2D eigenvalue weighted by Gasteiger charge is -2.33. The molecule has 11 heteroatoms. The number of hydrogen-bond acceptors (Lipinski definition) is 9. The summed E-state index contributed by atoms with van der Waals surface area (Å²) in [4.78, 5) is 53.9. The van der Waals surface area contributed by atoms with Crippen molar-refractivity contribution in [2.75, 3.05) is 38.5 Å². The van der Waals surface area contributed by atoms with Gasteiger partial charge in [-0.25, -0.2) is 14.4 Å². The number of aliphatic imine (C=N–C) groups is 1. The van der Waals surface area contributed by atoms with Crippen LogP contribution in [0.15, 0.2) is 4.99 Å². The van der Waals surface area contributed by atoms with E-state index < -0.39 is 11.2 Å². The van der Waals surface area contributed by atoms with Crippen LogP contribution in [-0.2, 0) is 23.8 Å². The number of likely N-dealkylation sites (tertiary alicyclic amines) is 2. The highest BCUT2D eigenvalue weighted by atomic mass is 32.2. The van der Waals surface area contributed by atoms with Crippen molar-refractivity contribution in [2.45, 2.75) is 91.4 Å². The van der Waals surface area contributed by atoms with Crippen molar-refractivity contribution in [1.82, 2.24) is 9.80 Å². The Hall–Kier alpha value is -2.30. The highest BCUT2D eigenvalue weighted by Gasteiger charge is 2.34. The standard InChI is InChI=1S/C16H26N2O4S.C11H19NO3/c1-5-21-14(19)12-10-23-13(17-12)11-6-8-18(9-7-11)15(20)22-16(2,3)4;1-11(2,3)15-10(14)12-6-4-9(8-13)5-7-12/h11-12H,5-10H2,1-4H3;8-9H,4-7H2,1-3H3. The second-order valence-electron chi connectivity index (χ2n) is 11.7. The van der Waals surface area contributed by atoms with Gasteiger partial charge in [-0.3, -0.25) is 4.99 Å². The second kappa shape index (κ2) is 14.2. The first-order chi connectivity index (χ1) is 17.7. The zero-order valence-corrected chi connectivity index (χ0v) is 24.8. The van der Waals surface area contributed by atoms with Gasteiger partial charge in [0.05, 0.1) is 11.7 Å². The van der Waals surface area contributed by atoms with Crippen molar-refractivity contribution < 1.29 is 33.4 Å². The predicted octanol–water partition coefficient (Wildman–Crippen LogP) is 4.54. The van der Waals surface area contributed by atoms with Gasteiger partial charge >= 0.3 is 18.2 Å². The van der Waals surface area contributed by atoms with Crippen molar-refractivity contribution in [3.05, 3.63) is 0 Å². The van der Waals surface area contributed by atoms with Gasteiger partial charge in [-0.05, 0) is 74.1 Å². The van der Waals surface area contributed by atoms with Crippen LogP contribution in [0, 0.1) is 11.8 Å². The Morgan fingerprint density at radius 1 is 0.895 bits per heavy atom. The normalized spacial score (nSPS) is 21.1. The lowest BCUT2D eigenvalue weighted by Crippen LogP contribution is -2.42. The molecule has 0 saturated carbocycles. The van der Waals surface area contributed by atoms with Crippen LogP contribution in [0.2, 0.25) is 0 Å². The molecule has 216 valence electrons. The van der Waals surface area contributed by atoms with E-state index in [-0.39, 0.29) is 30.1 Å². The lowest BCUT2D eigenvalue weighted by atomic mass is 9.98. The quantitative estimate of drug-likeness (QED) is 0.282. The average molecular weight is 556 g/mol. The molecule has 0 aromatic rings. The summed E-state index contributed by atoms with van der Waals surface area (Å²) in [6, 6.07) is -0.362. The van der Waals surface area contributed by atoms with Crippen LogP contribution in [-0.4, -0.2) is 95.1 Å². The van der Waals surface area contributed by atoms with Crippen LogP contribution in [0.4, 0.5) is 9.59 Å². The van der Waals surface area contributed by atoms with Crippen LogP contribution < -0.4 is 0 Å². The first-order valence-electron chi connectivity index (χ1n) is 13.5. The fourth-order valence-electron chi connectivity index (χ4n) is 4.15. The first-order valence-corrected chi connectivity index (χ1v) is 14.5. The van der Waals surface area contributed by atoms with Crippen LogP contribution in [0.1, 0.15) is 74.1 Å². The number of rotatable bonds is 4. The van der Waals surface area contributed by atoms with E-state index in [4.69, 9.17) is 14.2 Å². The van der Waals surface area contributed by atoms with E-state index in [0.717, 1.165) is 37.0 Å². The van der Waals surface area contributed by atoms with Gasteiger partial charge in [0, 0.05) is 43.8 Å². The molecule has 0 radical (unpaired) electrons. The molecule has 2 fully saturated rings. The van der Waals surface area contributed by atoms with E-state index in [2.05, 4.69) is 4.99 Å². The van der Waals surface area contributed by atoms with Gasteiger partial charge in [0.25, 0.3) is 0 Å². The van der Waals surface area contributed by atoms with Crippen LogP contribution in [0.5, 0.6) is 0 Å². The summed E-state index contributed by atoms with van der Waals surface area (Å²) in [6.45, 7) is 15.9. The lowest BCUT2D eigenvalue weighted by molar-refractivity contribution is -0.143. The van der Waals surface area contributed by atoms with E-state index in [1.165, 1.54) is 0 Å². The molecule has 3 rings (SSSR count). The van der Waals surface area contributed by atoms with E-state index >= 15 is 0 Å². The number of carbonyl (C=O) groups excluding carboxylic acids is 4. The molecular formula is C27H45N3O7S. The molecule has 0 aromatic carbocycles. The minimum absolute atomic E-state index is 0.115. The maximum atomic E-state index is 12.1. The Morgan fingerprint density at radius 3 is 1.79 bits per heavy atom. The van der Waals surface area contributed by atoms with E-state index in [0.29, 0.717) is 44.5 Å². The number of esters is 1. The molecule has 1 unspecified atom stereocenters. The fourth-order valence-corrected chi connectivity index (χ4v) is 5.37. The van der Waals surface area contributed by atoms with Gasteiger partial charge in [0.15, 0.2) is 6.04 Å². The summed E-state index contributed by atoms with van der Waals surface area (Å²) < 4.78 is 15.7. The molecule has 0 aromatic heterocycles. The Labute approximate surface area is 231 Å². The third-order valence-electron chi connectivity index (χ3n) is 6.11. The number of aldehydes is 1. The largest absolute Gasteiger partial charge is 0.464 e. The molecule has 10 nitrogen and oxygen atoms in total. The summed E-state index contributed by atoms with van der Waals surface area (Å²) in [5, 5.41) is 1.03. The number of thioether (sulfide) groups is 1. The van der Waals surface area contributed by atoms with Crippen molar-refractivity contribution in [3.63, 3.8) is 0 Å². The second-order valence-corrected chi connectivity index (χ2v) is 12.8. The third-order valence-corrected chi connectivity index (χ3v) is 7.33. The molecule has 1 atom stereocenters. The van der Waals surface area contributed by atoms with Crippen molar-refractivity contribution in [1.29, 1.82) is 0 Å². The summed E-state index contributed by atoms with van der Waals surface area (Å²) in [6.07, 6.45) is 3.69. The molecule has 3 aliphatic rings. The van der Waals surface area contributed by atoms with Gasteiger partial charge in [-0.1, -0.05) is 0 Å². The molecule has 0 spiro atoms. The Morgan fingerprint density at radius 2 is 1.37 bits per heavy atom. The van der Waals surface area contributed by atoms with Crippen molar-refractivity contribution in [3.8, 4) is 0 Å². The van der Waals surface area contributed by atoms with Crippen LogP contribution >= 0.6 is 11.8 Å². The summed E-state index contributed by atoms with van der Waals surface area (Å²) in [7, 11) is 0. The molecule has 2 saturated heterocycles. The minimum Gasteiger partial charge on any atom is -0.464 e. The van der Waals surface area contributed by atoms with Gasteiger partial charge in [-0.2, -0.15) is 0 Å². The van der Waals surface area contributed by atoms with Gasteiger partial charge in [0.1, 0.15) is 17.5 Å². The fraction of sp³-hybridized carbons (Fsp3) is 0.815. The molecule has 3 aliphatic heterocycles. The molecule has 38 heavy (non-hydrogen) atoms. The first kappa shape index (κ1) is 31.9. The van der Waals surface area contributed by atoms with Gasteiger partial charge in [0.2, 0.25) is 0 Å². The molecule has 3 heterocycles. The summed E-state index contributed by atoms with van der Waals surface area (Å²) in [5.41, 5.74) is -0.912.